The molecule has 1 nitrogen and oxygen atoms in total. The summed E-state index contributed by atoms with van der Waals surface area (Å²) >= 11 is 5.78. The van der Waals surface area contributed by atoms with Crippen molar-refractivity contribution < 1.29 is 4.79 Å². The minimum atomic E-state index is 0.116. The molecular formula is C15H10OS2. The average Bonchev–Trinajstić information content (AvgIpc) is 2.70. The van der Waals surface area contributed by atoms with Gasteiger partial charge in [-0.05, 0) is 35.9 Å². The van der Waals surface area contributed by atoms with Gasteiger partial charge in [-0.2, -0.15) is 0 Å². The highest BCUT2D eigenvalue weighted by Crippen LogP contribution is 2.40. The van der Waals surface area contributed by atoms with Crippen LogP contribution in [0.4, 0.5) is 0 Å². The van der Waals surface area contributed by atoms with Gasteiger partial charge in [0.25, 0.3) is 0 Å². The molecule has 0 spiro atoms. The van der Waals surface area contributed by atoms with Crippen LogP contribution in [0, 0.1) is 0 Å². The monoisotopic (exact) mass is 270 g/mol. The maximum absolute atomic E-state index is 12.2. The number of hydrogen-bond acceptors (Lipinski definition) is 3. The van der Waals surface area contributed by atoms with Crippen molar-refractivity contribution in [1.29, 1.82) is 0 Å². The van der Waals surface area contributed by atoms with Crippen molar-refractivity contribution >= 4 is 36.2 Å². The summed E-state index contributed by atoms with van der Waals surface area (Å²) in [4.78, 5) is 14.9. The van der Waals surface area contributed by atoms with E-state index in [1.54, 1.807) is 0 Å². The fourth-order valence-electron chi connectivity index (χ4n) is 1.86. The van der Waals surface area contributed by atoms with E-state index >= 15 is 0 Å². The number of thioether (sulfide) groups is 1. The highest BCUT2D eigenvalue weighted by Gasteiger charge is 2.24. The van der Waals surface area contributed by atoms with Gasteiger partial charge in [-0.25, -0.2) is 0 Å². The normalized spacial score (nSPS) is 16.1. The number of carbonyl (C=O) groups is 1. The molecule has 3 rings (SSSR count). The molecule has 2 aromatic rings. The second-order valence-corrected chi connectivity index (χ2v) is 5.63. The van der Waals surface area contributed by atoms with Gasteiger partial charge in [-0.15, -0.1) is 12.6 Å². The third-order valence-corrected chi connectivity index (χ3v) is 4.16. The Labute approximate surface area is 115 Å². The van der Waals surface area contributed by atoms with Gasteiger partial charge in [0.05, 0.1) is 4.91 Å². The Morgan fingerprint density at radius 2 is 1.72 bits per heavy atom. The first-order valence-corrected chi connectivity index (χ1v) is 6.83. The number of benzene rings is 2. The van der Waals surface area contributed by atoms with E-state index in [1.165, 1.54) is 11.8 Å². The van der Waals surface area contributed by atoms with Crippen LogP contribution in [0.25, 0.3) is 6.08 Å². The largest absolute Gasteiger partial charge is 0.288 e. The highest BCUT2D eigenvalue weighted by atomic mass is 32.2. The number of hydrogen-bond donors (Lipinski definition) is 1. The molecule has 0 saturated carbocycles. The summed E-state index contributed by atoms with van der Waals surface area (Å²) in [5.41, 5.74) is 1.83. The molecule has 0 unspecified atom stereocenters. The third kappa shape index (κ3) is 2.11. The molecule has 0 aliphatic carbocycles. The third-order valence-electron chi connectivity index (χ3n) is 2.77. The molecule has 2 aromatic carbocycles. The lowest BCUT2D eigenvalue weighted by molar-refractivity contribution is 0.104. The number of thiol groups is 1. The van der Waals surface area contributed by atoms with Crippen molar-refractivity contribution in [2.75, 3.05) is 0 Å². The van der Waals surface area contributed by atoms with E-state index in [0.29, 0.717) is 0 Å². The van der Waals surface area contributed by atoms with Gasteiger partial charge in [0.1, 0.15) is 0 Å². The van der Waals surface area contributed by atoms with Gasteiger partial charge in [0.2, 0.25) is 5.78 Å². The molecule has 0 bridgehead atoms. The van der Waals surface area contributed by atoms with Crippen LogP contribution in [-0.2, 0) is 0 Å². The van der Waals surface area contributed by atoms with Crippen molar-refractivity contribution in [3.05, 3.63) is 64.6 Å². The van der Waals surface area contributed by atoms with Gasteiger partial charge in [0.15, 0.2) is 0 Å². The molecule has 1 aliphatic rings. The molecule has 1 heterocycles. The Balaban J connectivity index is 1.97. The second kappa shape index (κ2) is 4.67. The maximum atomic E-state index is 12.2. The van der Waals surface area contributed by atoms with Crippen LogP contribution in [0.5, 0.6) is 0 Å². The molecule has 0 saturated heterocycles. The fourth-order valence-corrected chi connectivity index (χ4v) is 3.06. The summed E-state index contributed by atoms with van der Waals surface area (Å²) < 4.78 is 0. The quantitative estimate of drug-likeness (QED) is 0.614. The van der Waals surface area contributed by atoms with Crippen molar-refractivity contribution in [1.82, 2.24) is 0 Å². The van der Waals surface area contributed by atoms with E-state index in [4.69, 9.17) is 0 Å². The van der Waals surface area contributed by atoms with Crippen molar-refractivity contribution in [2.45, 2.75) is 9.79 Å². The number of fused-ring (bicyclic) bond motifs is 1. The number of rotatable bonds is 1. The molecule has 1 aliphatic heterocycles. The molecule has 0 amide bonds. The predicted octanol–water partition coefficient (Wildman–Crippen LogP) is 4.30. The van der Waals surface area contributed by atoms with Crippen LogP contribution in [-0.4, -0.2) is 5.78 Å². The van der Waals surface area contributed by atoms with Gasteiger partial charge in [-0.1, -0.05) is 36.0 Å². The SMILES string of the molecule is O=C1/C(=C\c2ccc(S)cc2)Sc2ccccc21. The first-order chi connectivity index (χ1) is 8.74. The lowest BCUT2D eigenvalue weighted by Gasteiger charge is -1.96. The lowest BCUT2D eigenvalue weighted by atomic mass is 10.1. The number of carbonyl (C=O) groups excluding carboxylic acids is 1. The lowest BCUT2D eigenvalue weighted by Crippen LogP contribution is -1.93. The molecule has 3 heteroatoms. The summed E-state index contributed by atoms with van der Waals surface area (Å²) in [6, 6.07) is 15.5. The van der Waals surface area contributed by atoms with Gasteiger partial charge in [0, 0.05) is 15.4 Å². The maximum Gasteiger partial charge on any atom is 0.200 e. The van der Waals surface area contributed by atoms with Crippen molar-refractivity contribution in [2.24, 2.45) is 0 Å². The first-order valence-electron chi connectivity index (χ1n) is 5.56. The summed E-state index contributed by atoms with van der Waals surface area (Å²) in [5, 5.41) is 0. The standard InChI is InChI=1S/C15H10OS2/c16-15-12-3-1-2-4-13(12)18-14(15)9-10-5-7-11(17)8-6-10/h1-9,17H/b14-9+. The van der Waals surface area contributed by atoms with Crippen LogP contribution < -0.4 is 0 Å². The van der Waals surface area contributed by atoms with E-state index in [1.807, 2.05) is 54.6 Å². The van der Waals surface area contributed by atoms with Crippen LogP contribution >= 0.6 is 24.4 Å². The van der Waals surface area contributed by atoms with E-state index in [-0.39, 0.29) is 5.78 Å². The average molecular weight is 270 g/mol. The Kier molecular flexibility index (Phi) is 3.02. The summed E-state index contributed by atoms with van der Waals surface area (Å²) in [5.74, 6) is 0.116. The van der Waals surface area contributed by atoms with E-state index in [2.05, 4.69) is 12.6 Å². The zero-order valence-corrected chi connectivity index (χ0v) is 11.2. The summed E-state index contributed by atoms with van der Waals surface area (Å²) in [6.07, 6.45) is 1.93. The van der Waals surface area contributed by atoms with Crippen LogP contribution in [0.1, 0.15) is 15.9 Å². The van der Waals surface area contributed by atoms with Gasteiger partial charge in [-0.3, -0.25) is 4.79 Å². The highest BCUT2D eigenvalue weighted by molar-refractivity contribution is 8.04. The minimum absolute atomic E-state index is 0.116. The molecule has 0 atom stereocenters. The summed E-state index contributed by atoms with van der Waals surface area (Å²) in [7, 11) is 0. The summed E-state index contributed by atoms with van der Waals surface area (Å²) in [6.45, 7) is 0. The molecule has 88 valence electrons. The second-order valence-electron chi connectivity index (χ2n) is 4.03. The Bertz CT molecular complexity index is 642. The molecular weight excluding hydrogens is 260 g/mol. The minimum Gasteiger partial charge on any atom is -0.288 e. The predicted molar refractivity (Wildman–Crippen MR) is 78.3 cm³/mol. The molecule has 0 aromatic heterocycles. The van der Waals surface area contributed by atoms with Crippen molar-refractivity contribution in [3.8, 4) is 0 Å². The van der Waals surface area contributed by atoms with E-state index in [9.17, 15) is 4.79 Å². The Hall–Kier alpha value is -1.45. The molecule has 18 heavy (non-hydrogen) atoms. The fraction of sp³-hybridized carbons (Fsp3) is 0. The number of ketones is 1. The van der Waals surface area contributed by atoms with E-state index < -0.39 is 0 Å². The number of Topliss-reactive ketones (excluding diaryl/α,β-unsaturated/α-hetero) is 1. The topological polar surface area (TPSA) is 17.1 Å². The van der Waals surface area contributed by atoms with E-state index in [0.717, 1.165) is 25.8 Å². The molecule has 0 N–H and O–H groups in total. The first kappa shape index (κ1) is 11.6. The zero-order valence-electron chi connectivity index (χ0n) is 9.46. The van der Waals surface area contributed by atoms with Gasteiger partial charge >= 0.3 is 0 Å². The smallest absolute Gasteiger partial charge is 0.200 e. The Morgan fingerprint density at radius 3 is 2.44 bits per heavy atom. The zero-order chi connectivity index (χ0) is 12.5. The molecule has 0 fully saturated rings. The Morgan fingerprint density at radius 1 is 1.00 bits per heavy atom. The van der Waals surface area contributed by atoms with Crippen LogP contribution in [0.3, 0.4) is 0 Å². The van der Waals surface area contributed by atoms with Crippen LogP contribution in [0.2, 0.25) is 0 Å². The van der Waals surface area contributed by atoms with Gasteiger partial charge < -0.3 is 0 Å². The van der Waals surface area contributed by atoms with Crippen LogP contribution in [0.15, 0.2) is 63.2 Å². The number of allylic oxidation sites excluding steroid dienone is 1. The van der Waals surface area contributed by atoms with Crippen molar-refractivity contribution in [3.63, 3.8) is 0 Å². The molecule has 0 radical (unpaired) electrons.